The van der Waals surface area contributed by atoms with Gasteiger partial charge >= 0.3 is 0 Å². The Bertz CT molecular complexity index is 1410. The van der Waals surface area contributed by atoms with Crippen LogP contribution in [0.3, 0.4) is 0 Å². The molecule has 0 aliphatic heterocycles. The average molecular weight is 552 g/mol. The van der Waals surface area contributed by atoms with Crippen LogP contribution >= 0.6 is 27.3 Å². The van der Waals surface area contributed by atoms with E-state index in [-0.39, 0.29) is 21.9 Å². The number of hydrogen-bond acceptors (Lipinski definition) is 6. The lowest BCUT2D eigenvalue weighted by Crippen LogP contribution is -2.21. The third kappa shape index (κ3) is 4.44. The highest BCUT2D eigenvalue weighted by atomic mass is 79.9. The van der Waals surface area contributed by atoms with Crippen molar-refractivity contribution in [1.82, 2.24) is 24.5 Å². The van der Waals surface area contributed by atoms with Crippen molar-refractivity contribution in [2.45, 2.75) is 40.3 Å². The third-order valence-corrected chi connectivity index (χ3v) is 7.02. The Morgan fingerprint density at radius 1 is 1.18 bits per heavy atom. The van der Waals surface area contributed by atoms with Crippen LogP contribution in [-0.4, -0.2) is 36.4 Å². The zero-order valence-electron chi connectivity index (χ0n) is 18.4. The van der Waals surface area contributed by atoms with Gasteiger partial charge in [0.2, 0.25) is 5.91 Å². The number of amides is 2. The molecule has 0 saturated heterocycles. The Morgan fingerprint density at radius 3 is 2.44 bits per heavy atom. The molecule has 0 aliphatic rings. The summed E-state index contributed by atoms with van der Waals surface area (Å²) < 4.78 is 31.2. The summed E-state index contributed by atoms with van der Waals surface area (Å²) in [6.45, 7) is 5.89. The highest BCUT2D eigenvalue weighted by Crippen LogP contribution is 2.43. The lowest BCUT2D eigenvalue weighted by atomic mass is 10.0. The topological polar surface area (TPSA) is 121 Å². The molecular formula is C21H20BrF2N7O2S. The van der Waals surface area contributed by atoms with E-state index >= 15 is 0 Å². The van der Waals surface area contributed by atoms with E-state index in [2.05, 4.69) is 36.4 Å². The molecule has 3 N–H and O–H groups in total. The number of anilines is 1. The number of nitrogens with one attached hydrogen (secondary N) is 1. The smallest absolute Gasteiger partial charge is 0.280 e. The molecule has 0 saturated carbocycles. The summed E-state index contributed by atoms with van der Waals surface area (Å²) in [6, 6.07) is 1.26. The van der Waals surface area contributed by atoms with E-state index in [1.165, 1.54) is 10.7 Å². The molecule has 0 spiro atoms. The number of fused-ring (bicyclic) bond motifs is 1. The van der Waals surface area contributed by atoms with E-state index in [4.69, 9.17) is 5.73 Å². The first-order chi connectivity index (χ1) is 16.1. The van der Waals surface area contributed by atoms with Crippen LogP contribution in [0.4, 0.5) is 14.5 Å². The molecule has 9 nitrogen and oxygen atoms in total. The van der Waals surface area contributed by atoms with E-state index < -0.39 is 23.9 Å². The Labute approximate surface area is 205 Å². The largest absolute Gasteiger partial charge is 0.365 e. The first kappa shape index (κ1) is 24.0. The molecule has 0 radical (unpaired) electrons. The second-order valence-corrected chi connectivity index (χ2v) is 9.39. The summed E-state index contributed by atoms with van der Waals surface area (Å²) in [7, 11) is 0. The minimum absolute atomic E-state index is 0.0156. The number of carbonyl (C=O) groups is 2. The van der Waals surface area contributed by atoms with Crippen LogP contribution in [0.5, 0.6) is 0 Å². The number of aromatic nitrogens is 5. The van der Waals surface area contributed by atoms with Crippen molar-refractivity contribution in [1.29, 1.82) is 0 Å². The summed E-state index contributed by atoms with van der Waals surface area (Å²) in [6.07, 6.45) is 0.555. The maximum atomic E-state index is 13.7. The average Bonchev–Trinajstić information content (AvgIpc) is 3.42. The molecule has 0 aliphatic carbocycles. The Hall–Kier alpha value is -3.19. The highest BCUT2D eigenvalue weighted by Gasteiger charge is 2.26. The number of halogens is 3. The lowest BCUT2D eigenvalue weighted by molar-refractivity contribution is -0.116. The molecular weight excluding hydrogens is 532 g/mol. The molecule has 178 valence electrons. The van der Waals surface area contributed by atoms with Crippen molar-refractivity contribution in [3.8, 4) is 11.1 Å². The van der Waals surface area contributed by atoms with Gasteiger partial charge in [0.15, 0.2) is 0 Å². The van der Waals surface area contributed by atoms with Gasteiger partial charge in [-0.05, 0) is 48.3 Å². The van der Waals surface area contributed by atoms with Crippen molar-refractivity contribution in [2.24, 2.45) is 5.73 Å². The number of aryl methyl sites for hydroxylation is 3. The second-order valence-electron chi connectivity index (χ2n) is 7.54. The number of nitrogens with zero attached hydrogens (tertiary/aromatic N) is 5. The zero-order chi connectivity index (χ0) is 24.7. The predicted molar refractivity (Wildman–Crippen MR) is 128 cm³/mol. The Morgan fingerprint density at radius 2 is 1.88 bits per heavy atom. The van der Waals surface area contributed by atoms with Gasteiger partial charge in [0, 0.05) is 29.9 Å². The Kier molecular flexibility index (Phi) is 6.49. The molecule has 0 unspecified atom stereocenters. The first-order valence-corrected chi connectivity index (χ1v) is 11.8. The normalized spacial score (nSPS) is 11.5. The third-order valence-electron chi connectivity index (χ3n) is 5.15. The molecule has 0 fully saturated rings. The SMILES string of the molecule is CCn1cc(-c2cc(C(F)F)nc3sc(C(N)=O)c(NC(=O)Cn4cc(Br)c(C)n4)c23)c(C)n1. The molecule has 2 amide bonds. The number of hydrogen-bond donors (Lipinski definition) is 2. The minimum atomic E-state index is -2.83. The van der Waals surface area contributed by atoms with E-state index in [1.54, 1.807) is 30.9 Å². The fourth-order valence-corrected chi connectivity index (χ4v) is 4.91. The van der Waals surface area contributed by atoms with Crippen molar-refractivity contribution in [3.05, 3.63) is 44.9 Å². The molecule has 34 heavy (non-hydrogen) atoms. The second kappa shape index (κ2) is 9.22. The lowest BCUT2D eigenvalue weighted by Gasteiger charge is -2.10. The van der Waals surface area contributed by atoms with Crippen LogP contribution < -0.4 is 11.1 Å². The summed E-state index contributed by atoms with van der Waals surface area (Å²) in [5, 5.41) is 11.7. The molecule has 4 rings (SSSR count). The molecule has 4 heterocycles. The monoisotopic (exact) mass is 551 g/mol. The van der Waals surface area contributed by atoms with Crippen LogP contribution in [0.15, 0.2) is 22.9 Å². The van der Waals surface area contributed by atoms with Gasteiger partial charge in [0.05, 0.1) is 21.5 Å². The van der Waals surface area contributed by atoms with Gasteiger partial charge in [-0.25, -0.2) is 13.8 Å². The number of alkyl halides is 2. The van der Waals surface area contributed by atoms with Gasteiger partial charge in [-0.2, -0.15) is 10.2 Å². The van der Waals surface area contributed by atoms with Crippen molar-refractivity contribution in [2.75, 3.05) is 5.32 Å². The van der Waals surface area contributed by atoms with E-state index in [0.29, 0.717) is 34.4 Å². The molecule has 0 atom stereocenters. The molecule has 0 bridgehead atoms. The number of thiophene rings is 1. The van der Waals surface area contributed by atoms with Gasteiger partial charge < -0.3 is 11.1 Å². The van der Waals surface area contributed by atoms with Crippen molar-refractivity contribution < 1.29 is 18.4 Å². The summed E-state index contributed by atoms with van der Waals surface area (Å²) in [4.78, 5) is 29.3. The van der Waals surface area contributed by atoms with Gasteiger partial charge in [-0.3, -0.25) is 19.0 Å². The van der Waals surface area contributed by atoms with Crippen LogP contribution in [0.25, 0.3) is 21.3 Å². The van der Waals surface area contributed by atoms with Crippen molar-refractivity contribution >= 4 is 55.0 Å². The first-order valence-electron chi connectivity index (χ1n) is 10.2. The highest BCUT2D eigenvalue weighted by molar-refractivity contribution is 9.10. The summed E-state index contributed by atoms with van der Waals surface area (Å²) >= 11 is 4.20. The quantitative estimate of drug-likeness (QED) is 0.352. The fraction of sp³-hybridized carbons (Fsp3) is 0.286. The number of nitrogens with two attached hydrogens (primary N) is 1. The van der Waals surface area contributed by atoms with Crippen LogP contribution in [0.2, 0.25) is 0 Å². The van der Waals surface area contributed by atoms with Crippen LogP contribution in [0, 0.1) is 13.8 Å². The molecule has 4 aromatic rings. The summed E-state index contributed by atoms with van der Waals surface area (Å²) in [5.74, 6) is -1.27. The molecule has 0 aromatic carbocycles. The molecule has 13 heteroatoms. The fourth-order valence-electron chi connectivity index (χ4n) is 3.58. The van der Waals surface area contributed by atoms with Crippen LogP contribution in [0.1, 0.15) is 40.1 Å². The van der Waals surface area contributed by atoms with E-state index in [1.807, 2.05) is 6.92 Å². The van der Waals surface area contributed by atoms with Gasteiger partial charge in [0.1, 0.15) is 21.9 Å². The summed E-state index contributed by atoms with van der Waals surface area (Å²) in [5.41, 5.74) is 7.55. The van der Waals surface area contributed by atoms with E-state index in [9.17, 15) is 18.4 Å². The maximum absolute atomic E-state index is 13.7. The standard InChI is InChI=1S/C21H20BrF2N7O2S/c1-4-30-6-12(9(2)28-30)11-5-14(19(23)24)26-21-16(11)17(18(34-21)20(25)33)27-15(32)8-31-7-13(22)10(3)29-31/h5-7,19H,4,8H2,1-3H3,(H2,25,33)(H,27,32). The van der Waals surface area contributed by atoms with Gasteiger partial charge in [-0.1, -0.05) is 0 Å². The number of primary amides is 1. The van der Waals surface area contributed by atoms with Gasteiger partial charge in [-0.15, -0.1) is 11.3 Å². The predicted octanol–water partition coefficient (Wildman–Crippen LogP) is 4.43. The van der Waals surface area contributed by atoms with E-state index in [0.717, 1.165) is 15.8 Å². The minimum Gasteiger partial charge on any atom is -0.365 e. The molecule has 4 aromatic heterocycles. The maximum Gasteiger partial charge on any atom is 0.280 e. The Balaban J connectivity index is 1.89. The number of rotatable bonds is 7. The van der Waals surface area contributed by atoms with Crippen LogP contribution in [-0.2, 0) is 17.9 Å². The number of pyridine rings is 1. The zero-order valence-corrected chi connectivity index (χ0v) is 20.8. The van der Waals surface area contributed by atoms with Gasteiger partial charge in [0.25, 0.3) is 12.3 Å². The van der Waals surface area contributed by atoms with Crippen molar-refractivity contribution in [3.63, 3.8) is 0 Å². The number of carbonyl (C=O) groups excluding carboxylic acids is 2.